The molecule has 1 aromatic carbocycles. The fraction of sp³-hybridized carbons (Fsp3) is 0.520. The Balaban J connectivity index is 0.000000294. The Hall–Kier alpha value is -1.70. The molecule has 0 atom stereocenters. The number of ether oxygens (including phenoxy) is 1. The fourth-order valence-electron chi connectivity index (χ4n) is 3.71. The normalized spacial score (nSPS) is 14.0. The Morgan fingerprint density at radius 2 is 1.97 bits per heavy atom. The standard InChI is InChI=1S/C17H25F2NOS.C8H9ClN2/c1-2-6-14-13-15(7-8-16(14)21-17(18)19)22-12-11-20-9-4-3-5-10-20;1-5-3-8(9)11-4-7(5)6(2)10/h7-8,13,17H,2-6,9-12H2,1H3;3-4,10H,1-2H3. The van der Waals surface area contributed by atoms with Crippen LogP contribution in [0.25, 0.3) is 0 Å². The molecule has 1 saturated heterocycles. The third kappa shape index (κ3) is 9.98. The van der Waals surface area contributed by atoms with Crippen LogP contribution in [0.2, 0.25) is 5.15 Å². The molecule has 182 valence electrons. The van der Waals surface area contributed by atoms with Gasteiger partial charge in [-0.2, -0.15) is 8.78 Å². The average Bonchev–Trinajstić information content (AvgIpc) is 2.76. The number of likely N-dealkylation sites (tertiary alicyclic amines) is 1. The number of nitrogens with zero attached hydrogens (tertiary/aromatic N) is 2. The van der Waals surface area contributed by atoms with E-state index in [0.717, 1.165) is 46.7 Å². The molecule has 1 aromatic heterocycles. The lowest BCUT2D eigenvalue weighted by Crippen LogP contribution is -2.31. The van der Waals surface area contributed by atoms with Crippen molar-refractivity contribution in [2.75, 3.05) is 25.4 Å². The zero-order chi connectivity index (χ0) is 24.2. The molecule has 1 aliphatic heterocycles. The number of halogens is 3. The lowest BCUT2D eigenvalue weighted by atomic mass is 10.1. The van der Waals surface area contributed by atoms with E-state index in [1.165, 1.54) is 32.4 Å². The van der Waals surface area contributed by atoms with Crippen LogP contribution in [0.5, 0.6) is 5.75 Å². The van der Waals surface area contributed by atoms with Gasteiger partial charge in [-0.25, -0.2) is 4.98 Å². The van der Waals surface area contributed by atoms with Crippen LogP contribution < -0.4 is 4.74 Å². The Labute approximate surface area is 205 Å². The molecular formula is C25H34ClF2N3OS. The van der Waals surface area contributed by atoms with E-state index >= 15 is 0 Å². The Kier molecular flexibility index (Phi) is 12.1. The third-order valence-electron chi connectivity index (χ3n) is 5.37. The van der Waals surface area contributed by atoms with E-state index in [0.29, 0.717) is 16.6 Å². The molecule has 0 spiro atoms. The van der Waals surface area contributed by atoms with E-state index in [1.807, 2.05) is 26.0 Å². The Bertz CT molecular complexity index is 892. The Morgan fingerprint density at radius 1 is 1.24 bits per heavy atom. The van der Waals surface area contributed by atoms with Gasteiger partial charge in [0.05, 0.1) is 0 Å². The second-order valence-corrected chi connectivity index (χ2v) is 9.65. The van der Waals surface area contributed by atoms with Gasteiger partial charge in [-0.1, -0.05) is 31.4 Å². The van der Waals surface area contributed by atoms with Crippen LogP contribution in [0.4, 0.5) is 8.78 Å². The van der Waals surface area contributed by atoms with Crippen LogP contribution in [0.15, 0.2) is 35.4 Å². The highest BCUT2D eigenvalue weighted by Crippen LogP contribution is 2.28. The van der Waals surface area contributed by atoms with Crippen molar-refractivity contribution in [3.05, 3.63) is 52.3 Å². The molecule has 0 amide bonds. The maximum absolute atomic E-state index is 12.4. The number of nitrogens with one attached hydrogen (secondary N) is 1. The first-order valence-electron chi connectivity index (χ1n) is 11.4. The number of hydrogen-bond acceptors (Lipinski definition) is 5. The minimum Gasteiger partial charge on any atom is -0.435 e. The summed E-state index contributed by atoms with van der Waals surface area (Å²) in [7, 11) is 0. The van der Waals surface area contributed by atoms with Crippen molar-refractivity contribution >= 4 is 29.1 Å². The number of pyridine rings is 1. The van der Waals surface area contributed by atoms with Gasteiger partial charge in [-0.05, 0) is 81.6 Å². The third-order valence-corrected chi connectivity index (χ3v) is 6.55. The van der Waals surface area contributed by atoms with Crippen LogP contribution in [0.3, 0.4) is 0 Å². The first kappa shape index (κ1) is 27.5. The van der Waals surface area contributed by atoms with Gasteiger partial charge in [0.1, 0.15) is 10.9 Å². The van der Waals surface area contributed by atoms with Crippen molar-refractivity contribution in [2.45, 2.75) is 64.4 Å². The van der Waals surface area contributed by atoms with Crippen LogP contribution in [-0.2, 0) is 6.42 Å². The number of aromatic nitrogens is 1. The van der Waals surface area contributed by atoms with E-state index in [4.69, 9.17) is 17.0 Å². The Morgan fingerprint density at radius 3 is 2.58 bits per heavy atom. The topological polar surface area (TPSA) is 49.2 Å². The van der Waals surface area contributed by atoms with E-state index in [1.54, 1.807) is 37.0 Å². The van der Waals surface area contributed by atoms with Crippen LogP contribution in [-0.4, -0.2) is 47.6 Å². The summed E-state index contributed by atoms with van der Waals surface area (Å²) < 4.78 is 29.4. The van der Waals surface area contributed by atoms with Gasteiger partial charge in [-0.3, -0.25) is 0 Å². The van der Waals surface area contributed by atoms with E-state index < -0.39 is 6.61 Å². The molecule has 2 aromatic rings. The number of benzene rings is 1. The molecule has 1 fully saturated rings. The quantitative estimate of drug-likeness (QED) is 0.225. The fourth-order valence-corrected chi connectivity index (χ4v) is 4.90. The molecule has 0 aliphatic carbocycles. The summed E-state index contributed by atoms with van der Waals surface area (Å²) in [5.74, 6) is 1.36. The minimum atomic E-state index is -2.76. The molecular weight excluding hydrogens is 464 g/mol. The first-order chi connectivity index (χ1) is 15.8. The van der Waals surface area contributed by atoms with Crippen LogP contribution in [0.1, 0.15) is 56.2 Å². The largest absolute Gasteiger partial charge is 0.435 e. The summed E-state index contributed by atoms with van der Waals surface area (Å²) in [6.45, 7) is 6.46. The average molecular weight is 498 g/mol. The number of alkyl halides is 2. The second-order valence-electron chi connectivity index (χ2n) is 8.10. The summed E-state index contributed by atoms with van der Waals surface area (Å²) in [6, 6.07) is 7.33. The zero-order valence-corrected chi connectivity index (χ0v) is 21.2. The summed E-state index contributed by atoms with van der Waals surface area (Å²) in [6.07, 6.45) is 7.29. The highest BCUT2D eigenvalue weighted by Gasteiger charge is 2.12. The highest BCUT2D eigenvalue weighted by atomic mass is 35.5. The lowest BCUT2D eigenvalue weighted by molar-refractivity contribution is -0.0504. The summed E-state index contributed by atoms with van der Waals surface area (Å²) in [5.41, 5.74) is 3.25. The molecule has 3 rings (SSSR count). The van der Waals surface area contributed by atoms with Gasteiger partial charge in [0.2, 0.25) is 0 Å². The van der Waals surface area contributed by atoms with Crippen molar-refractivity contribution in [3.63, 3.8) is 0 Å². The molecule has 2 heterocycles. The van der Waals surface area contributed by atoms with Crippen molar-refractivity contribution in [1.29, 1.82) is 5.41 Å². The van der Waals surface area contributed by atoms with E-state index in [9.17, 15) is 8.78 Å². The number of hydrogen-bond donors (Lipinski definition) is 1. The molecule has 1 aliphatic rings. The van der Waals surface area contributed by atoms with Crippen LogP contribution in [0, 0.1) is 12.3 Å². The van der Waals surface area contributed by atoms with Crippen LogP contribution >= 0.6 is 23.4 Å². The maximum atomic E-state index is 12.4. The van der Waals surface area contributed by atoms with Gasteiger partial charge in [0.25, 0.3) is 0 Å². The monoisotopic (exact) mass is 497 g/mol. The molecule has 0 unspecified atom stereocenters. The SMILES string of the molecule is CC(=N)c1cnc(Cl)cc1C.CCCc1cc(SCCN2CCCCC2)ccc1OC(F)F. The number of aryl methyl sites for hydroxylation is 2. The maximum Gasteiger partial charge on any atom is 0.387 e. The predicted molar refractivity (Wildman–Crippen MR) is 135 cm³/mol. The van der Waals surface area contributed by atoms with E-state index in [-0.39, 0.29) is 0 Å². The molecule has 33 heavy (non-hydrogen) atoms. The second kappa shape index (κ2) is 14.5. The molecule has 0 saturated carbocycles. The predicted octanol–water partition coefficient (Wildman–Crippen LogP) is 7.25. The van der Waals surface area contributed by atoms with Crippen molar-refractivity contribution in [2.24, 2.45) is 0 Å². The summed E-state index contributed by atoms with van der Waals surface area (Å²) >= 11 is 7.44. The van der Waals surface area contributed by atoms with Gasteiger partial charge < -0.3 is 15.0 Å². The van der Waals surface area contributed by atoms with Crippen molar-refractivity contribution < 1.29 is 13.5 Å². The summed E-state index contributed by atoms with van der Waals surface area (Å²) in [4.78, 5) is 7.54. The molecule has 8 heteroatoms. The number of thioether (sulfide) groups is 1. The van der Waals surface area contributed by atoms with E-state index in [2.05, 4.69) is 14.6 Å². The molecule has 4 nitrogen and oxygen atoms in total. The first-order valence-corrected chi connectivity index (χ1v) is 12.8. The van der Waals surface area contributed by atoms with Crippen molar-refractivity contribution in [3.8, 4) is 5.75 Å². The minimum absolute atomic E-state index is 0.317. The molecule has 0 bridgehead atoms. The number of rotatable bonds is 9. The molecule has 0 radical (unpaired) electrons. The van der Waals surface area contributed by atoms with Gasteiger partial charge in [0.15, 0.2) is 0 Å². The highest BCUT2D eigenvalue weighted by molar-refractivity contribution is 7.99. The molecule has 1 N–H and O–H groups in total. The smallest absolute Gasteiger partial charge is 0.387 e. The summed E-state index contributed by atoms with van der Waals surface area (Å²) in [5, 5.41) is 7.84. The van der Waals surface area contributed by atoms with Gasteiger partial charge in [0, 0.05) is 34.7 Å². The number of piperidine rings is 1. The van der Waals surface area contributed by atoms with Gasteiger partial charge >= 0.3 is 6.61 Å². The zero-order valence-electron chi connectivity index (χ0n) is 19.7. The van der Waals surface area contributed by atoms with Crippen molar-refractivity contribution in [1.82, 2.24) is 9.88 Å². The lowest BCUT2D eigenvalue weighted by Gasteiger charge is -2.26. The van der Waals surface area contributed by atoms with Gasteiger partial charge in [-0.15, -0.1) is 11.8 Å².